The highest BCUT2D eigenvalue weighted by Gasteiger charge is 2.20. The lowest BCUT2D eigenvalue weighted by atomic mass is 10.0. The normalized spacial score (nSPS) is 15.1. The predicted molar refractivity (Wildman–Crippen MR) is 66.0 cm³/mol. The number of benzene rings is 1. The molecule has 0 amide bonds. The van der Waals surface area contributed by atoms with Gasteiger partial charge in [0.1, 0.15) is 5.82 Å². The van der Waals surface area contributed by atoms with Gasteiger partial charge in [-0.3, -0.25) is 0 Å². The molecule has 1 heterocycles. The molecule has 0 saturated heterocycles. The molecule has 3 rings (SSSR count). The summed E-state index contributed by atoms with van der Waals surface area (Å²) in [6.45, 7) is 0.805. The SMILES string of the molecule is Fc1ccc(CNC2CC2)c(-c2ccc[nH]2)c1. The number of nitrogens with one attached hydrogen (secondary N) is 2. The van der Waals surface area contributed by atoms with Gasteiger partial charge in [-0.15, -0.1) is 0 Å². The molecule has 0 radical (unpaired) electrons. The lowest BCUT2D eigenvalue weighted by Crippen LogP contribution is -2.16. The molecule has 0 spiro atoms. The van der Waals surface area contributed by atoms with Crippen molar-refractivity contribution >= 4 is 0 Å². The minimum atomic E-state index is -0.190. The highest BCUT2D eigenvalue weighted by molar-refractivity contribution is 5.63. The van der Waals surface area contributed by atoms with E-state index in [1.807, 2.05) is 24.4 Å². The number of rotatable bonds is 4. The number of hydrogen-bond donors (Lipinski definition) is 2. The van der Waals surface area contributed by atoms with Gasteiger partial charge in [0.05, 0.1) is 0 Å². The summed E-state index contributed by atoms with van der Waals surface area (Å²) in [4.78, 5) is 3.13. The molecule has 1 aliphatic rings. The molecule has 17 heavy (non-hydrogen) atoms. The third-order valence-electron chi connectivity index (χ3n) is 3.12. The maximum absolute atomic E-state index is 13.3. The summed E-state index contributed by atoms with van der Waals surface area (Å²) in [5.74, 6) is -0.190. The summed E-state index contributed by atoms with van der Waals surface area (Å²) in [7, 11) is 0. The second-order valence-corrected chi connectivity index (χ2v) is 4.54. The van der Waals surface area contributed by atoms with E-state index < -0.39 is 0 Å². The van der Waals surface area contributed by atoms with E-state index >= 15 is 0 Å². The fourth-order valence-corrected chi connectivity index (χ4v) is 1.99. The first kappa shape index (κ1) is 10.5. The molecule has 0 bridgehead atoms. The fraction of sp³-hybridized carbons (Fsp3) is 0.286. The first-order valence-electron chi connectivity index (χ1n) is 5.98. The standard InChI is InChI=1S/C14H15FN2/c15-11-4-3-10(9-17-12-5-6-12)13(8-11)14-2-1-7-16-14/h1-4,7-8,12,16-17H,5-6,9H2. The maximum atomic E-state index is 13.3. The van der Waals surface area contributed by atoms with Crippen LogP contribution in [0.1, 0.15) is 18.4 Å². The largest absolute Gasteiger partial charge is 0.361 e. The van der Waals surface area contributed by atoms with Crippen LogP contribution in [0.5, 0.6) is 0 Å². The van der Waals surface area contributed by atoms with Gasteiger partial charge in [0.2, 0.25) is 0 Å². The number of halogens is 1. The van der Waals surface area contributed by atoms with Crippen LogP contribution in [0.25, 0.3) is 11.3 Å². The van der Waals surface area contributed by atoms with E-state index in [1.54, 1.807) is 6.07 Å². The smallest absolute Gasteiger partial charge is 0.123 e. The highest BCUT2D eigenvalue weighted by atomic mass is 19.1. The van der Waals surface area contributed by atoms with Crippen LogP contribution in [0.4, 0.5) is 4.39 Å². The molecule has 0 atom stereocenters. The van der Waals surface area contributed by atoms with Crippen molar-refractivity contribution in [2.24, 2.45) is 0 Å². The molecule has 0 unspecified atom stereocenters. The second kappa shape index (κ2) is 4.34. The predicted octanol–water partition coefficient (Wildman–Crippen LogP) is 3.07. The fourth-order valence-electron chi connectivity index (χ4n) is 1.99. The lowest BCUT2D eigenvalue weighted by molar-refractivity contribution is 0.625. The first-order valence-corrected chi connectivity index (χ1v) is 5.98. The molecule has 88 valence electrons. The number of aromatic nitrogens is 1. The first-order chi connectivity index (χ1) is 8.33. The second-order valence-electron chi connectivity index (χ2n) is 4.54. The van der Waals surface area contributed by atoms with Crippen LogP contribution in [0.2, 0.25) is 0 Å². The average molecular weight is 230 g/mol. The zero-order valence-electron chi connectivity index (χ0n) is 9.54. The van der Waals surface area contributed by atoms with E-state index in [2.05, 4.69) is 10.3 Å². The zero-order chi connectivity index (χ0) is 11.7. The van der Waals surface area contributed by atoms with E-state index in [0.717, 1.165) is 23.4 Å². The summed E-state index contributed by atoms with van der Waals surface area (Å²) in [6, 6.07) is 9.54. The Kier molecular flexibility index (Phi) is 2.69. The molecule has 1 fully saturated rings. The molecule has 1 aromatic heterocycles. The van der Waals surface area contributed by atoms with Gasteiger partial charge in [-0.05, 0) is 42.7 Å². The summed E-state index contributed by atoms with van der Waals surface area (Å²) in [6.07, 6.45) is 4.39. The van der Waals surface area contributed by atoms with Crippen LogP contribution < -0.4 is 5.32 Å². The van der Waals surface area contributed by atoms with Crippen LogP contribution in [-0.2, 0) is 6.54 Å². The van der Waals surface area contributed by atoms with Crippen molar-refractivity contribution in [2.75, 3.05) is 0 Å². The summed E-state index contributed by atoms with van der Waals surface area (Å²) in [5.41, 5.74) is 3.06. The topological polar surface area (TPSA) is 27.8 Å². The summed E-state index contributed by atoms with van der Waals surface area (Å²) < 4.78 is 13.3. The van der Waals surface area contributed by atoms with Crippen molar-refractivity contribution in [1.82, 2.24) is 10.3 Å². The third-order valence-corrected chi connectivity index (χ3v) is 3.12. The summed E-state index contributed by atoms with van der Waals surface area (Å²) in [5, 5.41) is 3.46. The van der Waals surface area contributed by atoms with Crippen molar-refractivity contribution in [3.05, 3.63) is 47.9 Å². The van der Waals surface area contributed by atoms with Crippen molar-refractivity contribution in [2.45, 2.75) is 25.4 Å². The Morgan fingerprint density at radius 1 is 1.29 bits per heavy atom. The molecule has 2 nitrogen and oxygen atoms in total. The Hall–Kier alpha value is -1.61. The number of H-pyrrole nitrogens is 1. The van der Waals surface area contributed by atoms with Gasteiger partial charge in [0.25, 0.3) is 0 Å². The zero-order valence-corrected chi connectivity index (χ0v) is 9.54. The van der Waals surface area contributed by atoms with Crippen LogP contribution in [0.3, 0.4) is 0 Å². The average Bonchev–Trinajstić information content (AvgIpc) is 3.00. The highest BCUT2D eigenvalue weighted by Crippen LogP contribution is 2.25. The molecule has 2 N–H and O–H groups in total. The Bertz CT molecular complexity index is 501. The molecular weight excluding hydrogens is 215 g/mol. The number of aromatic amines is 1. The van der Waals surface area contributed by atoms with Crippen molar-refractivity contribution < 1.29 is 4.39 Å². The molecule has 1 aliphatic carbocycles. The van der Waals surface area contributed by atoms with E-state index in [4.69, 9.17) is 0 Å². The van der Waals surface area contributed by atoms with Crippen LogP contribution in [0.15, 0.2) is 36.5 Å². The summed E-state index contributed by atoms with van der Waals surface area (Å²) >= 11 is 0. The van der Waals surface area contributed by atoms with E-state index in [0.29, 0.717) is 6.04 Å². The van der Waals surface area contributed by atoms with Gasteiger partial charge < -0.3 is 10.3 Å². The van der Waals surface area contributed by atoms with Crippen molar-refractivity contribution in [1.29, 1.82) is 0 Å². The Morgan fingerprint density at radius 2 is 2.18 bits per heavy atom. The van der Waals surface area contributed by atoms with Crippen LogP contribution >= 0.6 is 0 Å². The third kappa shape index (κ3) is 2.39. The number of hydrogen-bond acceptors (Lipinski definition) is 1. The minimum Gasteiger partial charge on any atom is -0.361 e. The Morgan fingerprint density at radius 3 is 2.88 bits per heavy atom. The van der Waals surface area contributed by atoms with Gasteiger partial charge in [0, 0.05) is 30.0 Å². The monoisotopic (exact) mass is 230 g/mol. The van der Waals surface area contributed by atoms with Gasteiger partial charge in [0.15, 0.2) is 0 Å². The molecule has 2 aromatic rings. The van der Waals surface area contributed by atoms with Gasteiger partial charge in [-0.2, -0.15) is 0 Å². The molecule has 1 saturated carbocycles. The Labute approximate surface area is 99.9 Å². The van der Waals surface area contributed by atoms with E-state index in [1.165, 1.54) is 18.9 Å². The van der Waals surface area contributed by atoms with E-state index in [9.17, 15) is 4.39 Å². The lowest BCUT2D eigenvalue weighted by Gasteiger charge is -2.09. The minimum absolute atomic E-state index is 0.190. The quantitative estimate of drug-likeness (QED) is 0.830. The molecular formula is C14H15FN2. The Balaban J connectivity index is 1.89. The maximum Gasteiger partial charge on any atom is 0.123 e. The van der Waals surface area contributed by atoms with Crippen LogP contribution in [-0.4, -0.2) is 11.0 Å². The molecule has 1 aromatic carbocycles. The van der Waals surface area contributed by atoms with Crippen LogP contribution in [0, 0.1) is 5.82 Å². The van der Waals surface area contributed by atoms with Gasteiger partial charge in [-0.1, -0.05) is 6.07 Å². The van der Waals surface area contributed by atoms with Crippen molar-refractivity contribution in [3.63, 3.8) is 0 Å². The van der Waals surface area contributed by atoms with Gasteiger partial charge in [-0.25, -0.2) is 4.39 Å². The molecule has 3 heteroatoms. The van der Waals surface area contributed by atoms with E-state index in [-0.39, 0.29) is 5.82 Å². The van der Waals surface area contributed by atoms with Crippen molar-refractivity contribution in [3.8, 4) is 11.3 Å². The van der Waals surface area contributed by atoms with Gasteiger partial charge >= 0.3 is 0 Å². The molecule has 0 aliphatic heterocycles.